The predicted molar refractivity (Wildman–Crippen MR) is 92.7 cm³/mol. The van der Waals surface area contributed by atoms with E-state index in [0.29, 0.717) is 0 Å². The van der Waals surface area contributed by atoms with Crippen LogP contribution in [0.4, 0.5) is 0 Å². The number of aromatic nitrogens is 3. The molecule has 3 rings (SSSR count). The van der Waals surface area contributed by atoms with Gasteiger partial charge in [-0.1, -0.05) is 20.8 Å². The first-order valence-electron chi connectivity index (χ1n) is 8.28. The third-order valence-corrected chi connectivity index (χ3v) is 5.70. The van der Waals surface area contributed by atoms with Gasteiger partial charge in [0.1, 0.15) is 12.4 Å². The lowest BCUT2D eigenvalue weighted by molar-refractivity contribution is -0.0385. The third kappa shape index (κ3) is 3.82. The third-order valence-electron chi connectivity index (χ3n) is 4.21. The molecule has 6 heteroatoms. The van der Waals surface area contributed by atoms with Gasteiger partial charge in [-0.25, -0.2) is 0 Å². The minimum atomic E-state index is 0.0215. The highest BCUT2D eigenvalue weighted by atomic mass is 32.1. The standard InChI is InChI=1S/C17H26N4OS/c1-5-21-12-18-19-16(21)14-11-20(8-9-22-14)10-13-6-7-15(23-13)17(2,3)4/h6-7,12,14H,5,8-11H2,1-4H3. The Morgan fingerprint density at radius 3 is 2.87 bits per heavy atom. The van der Waals surface area contributed by atoms with Gasteiger partial charge >= 0.3 is 0 Å². The van der Waals surface area contributed by atoms with Crippen LogP contribution in [-0.2, 0) is 23.2 Å². The van der Waals surface area contributed by atoms with Crippen LogP contribution in [0.25, 0.3) is 0 Å². The van der Waals surface area contributed by atoms with Crippen molar-refractivity contribution in [2.45, 2.75) is 52.3 Å². The molecule has 1 fully saturated rings. The molecule has 0 saturated carbocycles. The quantitative estimate of drug-likeness (QED) is 0.861. The van der Waals surface area contributed by atoms with Gasteiger partial charge < -0.3 is 9.30 Å². The molecule has 0 N–H and O–H groups in total. The highest BCUT2D eigenvalue weighted by molar-refractivity contribution is 7.12. The number of thiophene rings is 1. The van der Waals surface area contributed by atoms with Crippen LogP contribution in [0.5, 0.6) is 0 Å². The van der Waals surface area contributed by atoms with Gasteiger partial charge in [-0.2, -0.15) is 0 Å². The van der Waals surface area contributed by atoms with Crippen LogP contribution in [0.1, 0.15) is 49.4 Å². The number of hydrogen-bond donors (Lipinski definition) is 0. The lowest BCUT2D eigenvalue weighted by Crippen LogP contribution is -2.38. The molecular weight excluding hydrogens is 308 g/mol. The summed E-state index contributed by atoms with van der Waals surface area (Å²) in [4.78, 5) is 5.33. The van der Waals surface area contributed by atoms with Gasteiger partial charge in [0.2, 0.25) is 0 Å². The molecule has 2 aromatic heterocycles. The monoisotopic (exact) mass is 334 g/mol. The minimum absolute atomic E-state index is 0.0215. The number of ether oxygens (including phenoxy) is 1. The van der Waals surface area contributed by atoms with Crippen molar-refractivity contribution in [3.63, 3.8) is 0 Å². The van der Waals surface area contributed by atoms with Crippen LogP contribution in [-0.4, -0.2) is 39.4 Å². The van der Waals surface area contributed by atoms with Crippen LogP contribution < -0.4 is 0 Å². The smallest absolute Gasteiger partial charge is 0.163 e. The van der Waals surface area contributed by atoms with E-state index < -0.39 is 0 Å². The highest BCUT2D eigenvalue weighted by Crippen LogP contribution is 2.31. The molecule has 0 aromatic carbocycles. The Morgan fingerprint density at radius 2 is 2.17 bits per heavy atom. The first kappa shape index (κ1) is 16.6. The first-order valence-corrected chi connectivity index (χ1v) is 9.10. The second-order valence-electron chi connectivity index (χ2n) is 7.09. The highest BCUT2D eigenvalue weighted by Gasteiger charge is 2.26. The fourth-order valence-electron chi connectivity index (χ4n) is 2.85. The van der Waals surface area contributed by atoms with E-state index in [1.165, 1.54) is 9.75 Å². The van der Waals surface area contributed by atoms with E-state index in [1.807, 2.05) is 11.3 Å². The Morgan fingerprint density at radius 1 is 1.35 bits per heavy atom. The maximum Gasteiger partial charge on any atom is 0.163 e. The molecule has 0 bridgehead atoms. The lowest BCUT2D eigenvalue weighted by atomic mass is 9.95. The molecule has 0 radical (unpaired) electrons. The number of aryl methyl sites for hydroxylation is 1. The minimum Gasteiger partial charge on any atom is -0.368 e. The second kappa shape index (κ2) is 6.71. The fourth-order valence-corrected chi connectivity index (χ4v) is 3.95. The summed E-state index contributed by atoms with van der Waals surface area (Å²) in [7, 11) is 0. The second-order valence-corrected chi connectivity index (χ2v) is 8.25. The molecule has 1 aliphatic rings. The Bertz CT molecular complexity index is 643. The predicted octanol–water partition coefficient (Wildman–Crippen LogP) is 3.23. The fraction of sp³-hybridized carbons (Fsp3) is 0.647. The average Bonchev–Trinajstić information content (AvgIpc) is 3.15. The zero-order valence-electron chi connectivity index (χ0n) is 14.5. The Labute approximate surface area is 142 Å². The number of hydrogen-bond acceptors (Lipinski definition) is 5. The normalized spacial score (nSPS) is 20.1. The zero-order chi connectivity index (χ0) is 16.4. The largest absolute Gasteiger partial charge is 0.368 e. The van der Waals surface area contributed by atoms with Crippen molar-refractivity contribution in [1.82, 2.24) is 19.7 Å². The van der Waals surface area contributed by atoms with E-state index >= 15 is 0 Å². The van der Waals surface area contributed by atoms with E-state index in [0.717, 1.165) is 38.6 Å². The van der Waals surface area contributed by atoms with Crippen LogP contribution in [0, 0.1) is 0 Å². The van der Waals surface area contributed by atoms with E-state index in [-0.39, 0.29) is 11.5 Å². The van der Waals surface area contributed by atoms with E-state index in [1.54, 1.807) is 6.33 Å². The maximum absolute atomic E-state index is 5.93. The Kier molecular flexibility index (Phi) is 4.85. The van der Waals surface area contributed by atoms with Crippen molar-refractivity contribution in [2.24, 2.45) is 0 Å². The van der Waals surface area contributed by atoms with E-state index in [4.69, 9.17) is 4.74 Å². The van der Waals surface area contributed by atoms with Crippen LogP contribution in [0.15, 0.2) is 18.5 Å². The van der Waals surface area contributed by atoms with Crippen LogP contribution in [0.2, 0.25) is 0 Å². The number of morpholine rings is 1. The van der Waals surface area contributed by atoms with Gasteiger partial charge in [0.25, 0.3) is 0 Å². The summed E-state index contributed by atoms with van der Waals surface area (Å²) in [6.45, 7) is 13.4. The van der Waals surface area contributed by atoms with Crippen molar-refractivity contribution >= 4 is 11.3 Å². The molecule has 23 heavy (non-hydrogen) atoms. The van der Waals surface area contributed by atoms with Crippen molar-refractivity contribution < 1.29 is 4.74 Å². The van der Waals surface area contributed by atoms with Crippen molar-refractivity contribution in [3.05, 3.63) is 34.0 Å². The summed E-state index contributed by atoms with van der Waals surface area (Å²) in [5, 5.41) is 8.28. The summed E-state index contributed by atoms with van der Waals surface area (Å²) in [6, 6.07) is 4.54. The van der Waals surface area contributed by atoms with E-state index in [9.17, 15) is 0 Å². The maximum atomic E-state index is 5.93. The number of nitrogens with zero attached hydrogens (tertiary/aromatic N) is 4. The van der Waals surface area contributed by atoms with Gasteiger partial charge in [-0.3, -0.25) is 4.90 Å². The molecule has 3 heterocycles. The van der Waals surface area contributed by atoms with Gasteiger partial charge in [0.05, 0.1) is 6.61 Å². The summed E-state index contributed by atoms with van der Waals surface area (Å²) in [5.41, 5.74) is 0.230. The topological polar surface area (TPSA) is 43.2 Å². The molecule has 1 unspecified atom stereocenters. The van der Waals surface area contributed by atoms with Gasteiger partial charge in [0.15, 0.2) is 5.82 Å². The zero-order valence-corrected chi connectivity index (χ0v) is 15.3. The molecule has 0 aliphatic carbocycles. The van der Waals surface area contributed by atoms with Gasteiger partial charge in [-0.15, -0.1) is 21.5 Å². The Balaban J connectivity index is 1.66. The summed E-state index contributed by atoms with van der Waals surface area (Å²) >= 11 is 1.92. The SMILES string of the molecule is CCn1cnnc1C1CN(Cc2ccc(C(C)(C)C)s2)CCO1. The van der Waals surface area contributed by atoms with Crippen LogP contribution >= 0.6 is 11.3 Å². The molecule has 5 nitrogen and oxygen atoms in total. The number of rotatable bonds is 4. The van der Waals surface area contributed by atoms with Gasteiger partial charge in [0, 0.05) is 35.9 Å². The van der Waals surface area contributed by atoms with Gasteiger partial charge in [-0.05, 0) is 24.5 Å². The van der Waals surface area contributed by atoms with E-state index in [2.05, 4.69) is 59.5 Å². The molecular formula is C17H26N4OS. The molecule has 2 aromatic rings. The molecule has 1 saturated heterocycles. The molecule has 1 aliphatic heterocycles. The summed E-state index contributed by atoms with van der Waals surface area (Å²) in [5.74, 6) is 0.943. The summed E-state index contributed by atoms with van der Waals surface area (Å²) < 4.78 is 8.00. The van der Waals surface area contributed by atoms with Crippen molar-refractivity contribution in [1.29, 1.82) is 0 Å². The lowest BCUT2D eigenvalue weighted by Gasteiger charge is -2.32. The molecule has 0 spiro atoms. The molecule has 1 atom stereocenters. The first-order chi connectivity index (χ1) is 11.0. The van der Waals surface area contributed by atoms with Crippen LogP contribution in [0.3, 0.4) is 0 Å². The molecule has 0 amide bonds. The van der Waals surface area contributed by atoms with Crippen molar-refractivity contribution in [2.75, 3.05) is 19.7 Å². The Hall–Kier alpha value is -1.24. The average molecular weight is 334 g/mol. The summed E-state index contributed by atoms with van der Waals surface area (Å²) in [6.07, 6.45) is 1.81. The molecule has 126 valence electrons. The van der Waals surface area contributed by atoms with Crippen molar-refractivity contribution in [3.8, 4) is 0 Å².